The average molecular weight is 200 g/mol. The molecular formula is C10H20N2O2. The van der Waals surface area contributed by atoms with Gasteiger partial charge in [0, 0.05) is 0 Å². The van der Waals surface area contributed by atoms with Crippen molar-refractivity contribution in [1.29, 1.82) is 0 Å². The first-order valence-corrected chi connectivity index (χ1v) is 5.11. The highest BCUT2D eigenvalue weighted by Gasteiger charge is 2.27. The number of nitrogens with zero attached hydrogens (tertiary/aromatic N) is 1. The molecule has 0 heterocycles. The standard InChI is InChI=1S/C10H20N2O2/c1-10(2)5-3-8(4-6-10)14-7-9(11)12-13/h8,13H,3-7H2,1-2H3,(H2,11,12). The lowest BCUT2D eigenvalue weighted by molar-refractivity contribution is 0.0228. The lowest BCUT2D eigenvalue weighted by atomic mass is 9.76. The summed E-state index contributed by atoms with van der Waals surface area (Å²) in [7, 11) is 0. The minimum absolute atomic E-state index is 0.148. The van der Waals surface area contributed by atoms with Gasteiger partial charge in [0.05, 0.1) is 6.10 Å². The topological polar surface area (TPSA) is 67.8 Å². The van der Waals surface area contributed by atoms with Crippen LogP contribution in [0.2, 0.25) is 0 Å². The molecule has 0 saturated heterocycles. The maximum Gasteiger partial charge on any atom is 0.165 e. The maximum absolute atomic E-state index is 8.33. The Morgan fingerprint density at radius 3 is 2.57 bits per heavy atom. The largest absolute Gasteiger partial charge is 0.409 e. The Hall–Kier alpha value is -0.770. The zero-order valence-corrected chi connectivity index (χ0v) is 8.99. The van der Waals surface area contributed by atoms with Gasteiger partial charge in [0.25, 0.3) is 0 Å². The average Bonchev–Trinajstić information content (AvgIpc) is 2.16. The fourth-order valence-corrected chi connectivity index (χ4v) is 1.77. The van der Waals surface area contributed by atoms with Gasteiger partial charge in [-0.1, -0.05) is 19.0 Å². The van der Waals surface area contributed by atoms with Gasteiger partial charge in [-0.15, -0.1) is 0 Å². The number of hydrogen-bond donors (Lipinski definition) is 2. The Balaban J connectivity index is 2.23. The van der Waals surface area contributed by atoms with Crippen molar-refractivity contribution in [2.75, 3.05) is 6.61 Å². The van der Waals surface area contributed by atoms with Gasteiger partial charge in [0.1, 0.15) is 6.61 Å². The summed E-state index contributed by atoms with van der Waals surface area (Å²) in [5.74, 6) is 0.148. The van der Waals surface area contributed by atoms with E-state index >= 15 is 0 Å². The van der Waals surface area contributed by atoms with Gasteiger partial charge in [-0.05, 0) is 31.1 Å². The number of ether oxygens (including phenoxy) is 1. The molecule has 1 aliphatic rings. The molecule has 0 radical (unpaired) electrons. The second-order valence-electron chi connectivity index (χ2n) is 4.77. The van der Waals surface area contributed by atoms with Crippen LogP contribution in [0.1, 0.15) is 39.5 Å². The minimum Gasteiger partial charge on any atom is -0.409 e. The Morgan fingerprint density at radius 2 is 2.07 bits per heavy atom. The Morgan fingerprint density at radius 1 is 1.50 bits per heavy atom. The molecule has 0 unspecified atom stereocenters. The van der Waals surface area contributed by atoms with Crippen molar-refractivity contribution in [1.82, 2.24) is 0 Å². The van der Waals surface area contributed by atoms with Gasteiger partial charge < -0.3 is 15.7 Å². The van der Waals surface area contributed by atoms with Gasteiger partial charge in [-0.3, -0.25) is 0 Å². The Labute approximate surface area is 85.1 Å². The van der Waals surface area contributed by atoms with Crippen LogP contribution in [-0.2, 0) is 4.74 Å². The van der Waals surface area contributed by atoms with E-state index in [9.17, 15) is 0 Å². The third-order valence-electron chi connectivity index (χ3n) is 2.88. The summed E-state index contributed by atoms with van der Waals surface area (Å²) in [5, 5.41) is 11.2. The molecule has 0 spiro atoms. The van der Waals surface area contributed by atoms with Crippen LogP contribution in [0.5, 0.6) is 0 Å². The predicted molar refractivity (Wildman–Crippen MR) is 55.4 cm³/mol. The molecule has 1 saturated carbocycles. The van der Waals surface area contributed by atoms with E-state index in [0.29, 0.717) is 5.41 Å². The van der Waals surface area contributed by atoms with Crippen LogP contribution < -0.4 is 5.73 Å². The zero-order chi connectivity index (χ0) is 10.6. The van der Waals surface area contributed by atoms with E-state index in [4.69, 9.17) is 15.7 Å². The van der Waals surface area contributed by atoms with Crippen molar-refractivity contribution < 1.29 is 9.94 Å². The van der Waals surface area contributed by atoms with Gasteiger partial charge in [0.2, 0.25) is 0 Å². The highest BCUT2D eigenvalue weighted by Crippen LogP contribution is 2.35. The molecule has 1 fully saturated rings. The van der Waals surface area contributed by atoms with E-state index in [1.54, 1.807) is 0 Å². The number of oxime groups is 1. The lowest BCUT2D eigenvalue weighted by Crippen LogP contribution is -2.29. The molecule has 4 heteroatoms. The van der Waals surface area contributed by atoms with Gasteiger partial charge in [-0.2, -0.15) is 0 Å². The summed E-state index contributed by atoms with van der Waals surface area (Å²) in [4.78, 5) is 0. The van der Waals surface area contributed by atoms with E-state index in [0.717, 1.165) is 12.8 Å². The normalized spacial score (nSPS) is 23.7. The lowest BCUT2D eigenvalue weighted by Gasteiger charge is -2.34. The highest BCUT2D eigenvalue weighted by molar-refractivity contribution is 5.80. The first-order chi connectivity index (χ1) is 6.53. The summed E-state index contributed by atoms with van der Waals surface area (Å²) >= 11 is 0. The minimum atomic E-state index is 0.148. The maximum atomic E-state index is 8.33. The van der Waals surface area contributed by atoms with Crippen LogP contribution in [0, 0.1) is 5.41 Å². The number of nitrogens with two attached hydrogens (primary N) is 1. The fourth-order valence-electron chi connectivity index (χ4n) is 1.77. The zero-order valence-electron chi connectivity index (χ0n) is 8.99. The third kappa shape index (κ3) is 3.54. The van der Waals surface area contributed by atoms with Crippen molar-refractivity contribution in [3.63, 3.8) is 0 Å². The molecule has 0 bridgehead atoms. The summed E-state index contributed by atoms with van der Waals surface area (Å²) in [5.41, 5.74) is 5.77. The van der Waals surface area contributed by atoms with Crippen LogP contribution >= 0.6 is 0 Å². The molecule has 0 aromatic rings. The SMILES string of the molecule is CC1(C)CCC(OCC(N)=NO)CC1. The number of rotatable bonds is 3. The molecule has 0 atom stereocenters. The van der Waals surface area contributed by atoms with Gasteiger partial charge in [-0.25, -0.2) is 0 Å². The smallest absolute Gasteiger partial charge is 0.165 e. The molecule has 3 N–H and O–H groups in total. The quantitative estimate of drug-likeness (QED) is 0.315. The van der Waals surface area contributed by atoms with E-state index in [-0.39, 0.29) is 18.5 Å². The summed E-state index contributed by atoms with van der Waals surface area (Å²) in [6, 6.07) is 0. The van der Waals surface area contributed by atoms with E-state index in [1.807, 2.05) is 0 Å². The predicted octanol–water partition coefficient (Wildman–Crippen LogP) is 1.72. The molecule has 0 aromatic heterocycles. The van der Waals surface area contributed by atoms with Crippen molar-refractivity contribution >= 4 is 5.84 Å². The van der Waals surface area contributed by atoms with E-state index in [1.165, 1.54) is 12.8 Å². The summed E-state index contributed by atoms with van der Waals surface area (Å²) in [6.45, 7) is 4.81. The number of amidine groups is 1. The molecule has 1 aliphatic carbocycles. The first-order valence-electron chi connectivity index (χ1n) is 5.11. The Kier molecular flexibility index (Phi) is 3.75. The molecule has 82 valence electrons. The third-order valence-corrected chi connectivity index (χ3v) is 2.88. The van der Waals surface area contributed by atoms with Crippen LogP contribution in [0.25, 0.3) is 0 Å². The van der Waals surface area contributed by atoms with Crippen molar-refractivity contribution in [3.05, 3.63) is 0 Å². The summed E-state index contributed by atoms with van der Waals surface area (Å²) < 4.78 is 5.51. The van der Waals surface area contributed by atoms with E-state index in [2.05, 4.69) is 19.0 Å². The van der Waals surface area contributed by atoms with E-state index < -0.39 is 0 Å². The first kappa shape index (κ1) is 11.3. The van der Waals surface area contributed by atoms with Crippen LogP contribution in [0.3, 0.4) is 0 Å². The molecule has 0 aromatic carbocycles. The molecule has 0 amide bonds. The Bertz CT molecular complexity index is 204. The molecule has 0 aliphatic heterocycles. The van der Waals surface area contributed by atoms with Crippen LogP contribution in [0.15, 0.2) is 5.16 Å². The summed E-state index contributed by atoms with van der Waals surface area (Å²) in [6.07, 6.45) is 4.81. The van der Waals surface area contributed by atoms with Crippen LogP contribution in [0.4, 0.5) is 0 Å². The second-order valence-corrected chi connectivity index (χ2v) is 4.77. The second kappa shape index (κ2) is 4.64. The van der Waals surface area contributed by atoms with Crippen molar-refractivity contribution in [2.45, 2.75) is 45.6 Å². The molecule has 4 nitrogen and oxygen atoms in total. The van der Waals surface area contributed by atoms with Crippen molar-refractivity contribution in [3.8, 4) is 0 Å². The van der Waals surface area contributed by atoms with Crippen LogP contribution in [-0.4, -0.2) is 23.8 Å². The van der Waals surface area contributed by atoms with Gasteiger partial charge >= 0.3 is 0 Å². The van der Waals surface area contributed by atoms with Gasteiger partial charge in [0.15, 0.2) is 5.84 Å². The molecule has 1 rings (SSSR count). The van der Waals surface area contributed by atoms with Crippen molar-refractivity contribution in [2.24, 2.45) is 16.3 Å². The number of hydrogen-bond acceptors (Lipinski definition) is 3. The molecule has 14 heavy (non-hydrogen) atoms. The fraction of sp³-hybridized carbons (Fsp3) is 0.900. The highest BCUT2D eigenvalue weighted by atomic mass is 16.5. The molecular weight excluding hydrogens is 180 g/mol. The monoisotopic (exact) mass is 200 g/mol.